The van der Waals surface area contributed by atoms with E-state index in [1.807, 2.05) is 6.92 Å². The standard InChI is InChI=1S/C16H22N2O5/c1-5-16(2,3)13(19)14(20)18-8-6-7-10(18)12-11(15(21)22-4)17-9-23-12/h9-10H,5-8H2,1-4H3. The predicted octanol–water partition coefficient (Wildman–Crippen LogP) is 2.13. The lowest BCUT2D eigenvalue weighted by Crippen LogP contribution is -2.42. The van der Waals surface area contributed by atoms with Crippen LogP contribution >= 0.6 is 0 Å². The molecule has 0 N–H and O–H groups in total. The number of nitrogens with zero attached hydrogens (tertiary/aromatic N) is 2. The minimum Gasteiger partial charge on any atom is -0.464 e. The van der Waals surface area contributed by atoms with Crippen molar-refractivity contribution in [2.24, 2.45) is 5.41 Å². The number of carbonyl (C=O) groups is 3. The van der Waals surface area contributed by atoms with E-state index in [0.29, 0.717) is 19.4 Å². The number of likely N-dealkylation sites (tertiary alicyclic amines) is 1. The number of ketones is 1. The van der Waals surface area contributed by atoms with E-state index in [2.05, 4.69) is 9.72 Å². The molecule has 0 radical (unpaired) electrons. The van der Waals surface area contributed by atoms with Gasteiger partial charge in [0.15, 0.2) is 17.8 Å². The van der Waals surface area contributed by atoms with E-state index in [4.69, 9.17) is 4.42 Å². The summed E-state index contributed by atoms with van der Waals surface area (Å²) >= 11 is 0. The molecule has 1 aromatic rings. The Labute approximate surface area is 135 Å². The largest absolute Gasteiger partial charge is 0.464 e. The van der Waals surface area contributed by atoms with Gasteiger partial charge in [-0.15, -0.1) is 0 Å². The lowest BCUT2D eigenvalue weighted by atomic mass is 9.84. The second-order valence-electron chi connectivity index (χ2n) is 6.28. The number of hydrogen-bond acceptors (Lipinski definition) is 6. The maximum absolute atomic E-state index is 12.6. The van der Waals surface area contributed by atoms with Gasteiger partial charge >= 0.3 is 5.97 Å². The van der Waals surface area contributed by atoms with Crippen molar-refractivity contribution in [3.63, 3.8) is 0 Å². The molecule has 1 aliphatic heterocycles. The van der Waals surface area contributed by atoms with Gasteiger partial charge in [0, 0.05) is 12.0 Å². The first-order valence-electron chi connectivity index (χ1n) is 7.70. The summed E-state index contributed by atoms with van der Waals surface area (Å²) in [5.41, 5.74) is -0.656. The molecule has 1 unspecified atom stereocenters. The summed E-state index contributed by atoms with van der Waals surface area (Å²) in [5, 5.41) is 0. The van der Waals surface area contributed by atoms with Crippen LogP contribution < -0.4 is 0 Å². The maximum Gasteiger partial charge on any atom is 0.360 e. The Balaban J connectivity index is 2.28. The molecule has 0 aliphatic carbocycles. The number of carbonyl (C=O) groups excluding carboxylic acids is 3. The number of aromatic nitrogens is 1. The van der Waals surface area contributed by atoms with Crippen LogP contribution in [0.5, 0.6) is 0 Å². The fraction of sp³-hybridized carbons (Fsp3) is 0.625. The molecule has 1 saturated heterocycles. The van der Waals surface area contributed by atoms with Crippen LogP contribution in [0, 0.1) is 5.41 Å². The lowest BCUT2D eigenvalue weighted by Gasteiger charge is -2.27. The molecule has 126 valence electrons. The number of hydrogen-bond donors (Lipinski definition) is 0. The van der Waals surface area contributed by atoms with Crippen molar-refractivity contribution in [3.05, 3.63) is 17.8 Å². The van der Waals surface area contributed by atoms with E-state index in [9.17, 15) is 14.4 Å². The first-order valence-corrected chi connectivity index (χ1v) is 7.70. The molecular weight excluding hydrogens is 300 g/mol. The minimum atomic E-state index is -0.711. The van der Waals surface area contributed by atoms with Crippen molar-refractivity contribution in [1.29, 1.82) is 0 Å². The van der Waals surface area contributed by atoms with Gasteiger partial charge in [-0.2, -0.15) is 0 Å². The van der Waals surface area contributed by atoms with Gasteiger partial charge < -0.3 is 14.1 Å². The highest BCUT2D eigenvalue weighted by Gasteiger charge is 2.41. The Kier molecular flexibility index (Phi) is 4.87. The van der Waals surface area contributed by atoms with E-state index >= 15 is 0 Å². The SMILES string of the molecule is CCC(C)(C)C(=O)C(=O)N1CCCC1c1ocnc1C(=O)OC. The summed E-state index contributed by atoms with van der Waals surface area (Å²) in [4.78, 5) is 42.2. The molecule has 0 bridgehead atoms. The molecule has 0 spiro atoms. The zero-order valence-electron chi connectivity index (χ0n) is 13.9. The van der Waals surface area contributed by atoms with Crippen LogP contribution in [-0.2, 0) is 14.3 Å². The van der Waals surface area contributed by atoms with Crippen LogP contribution in [-0.4, -0.2) is 41.2 Å². The van der Waals surface area contributed by atoms with E-state index in [-0.39, 0.29) is 11.5 Å². The van der Waals surface area contributed by atoms with Crippen molar-refractivity contribution in [2.45, 2.75) is 46.1 Å². The van der Waals surface area contributed by atoms with Gasteiger partial charge in [0.2, 0.25) is 5.78 Å². The second-order valence-corrected chi connectivity index (χ2v) is 6.28. The highest BCUT2D eigenvalue weighted by atomic mass is 16.5. The average molecular weight is 322 g/mol. The van der Waals surface area contributed by atoms with Crippen LogP contribution in [0.3, 0.4) is 0 Å². The zero-order valence-corrected chi connectivity index (χ0v) is 13.9. The number of oxazole rings is 1. The Hall–Kier alpha value is -2.18. The molecule has 1 fully saturated rings. The monoisotopic (exact) mass is 322 g/mol. The van der Waals surface area contributed by atoms with Crippen molar-refractivity contribution in [3.8, 4) is 0 Å². The quantitative estimate of drug-likeness (QED) is 0.609. The molecule has 7 heteroatoms. The third-order valence-electron chi connectivity index (χ3n) is 4.48. The molecule has 0 aromatic carbocycles. The minimum absolute atomic E-state index is 0.0550. The van der Waals surface area contributed by atoms with E-state index in [0.717, 1.165) is 12.8 Å². The van der Waals surface area contributed by atoms with Crippen LogP contribution in [0.25, 0.3) is 0 Å². The normalized spacial score (nSPS) is 18.1. The molecule has 23 heavy (non-hydrogen) atoms. The van der Waals surface area contributed by atoms with Gasteiger partial charge in [-0.05, 0) is 19.3 Å². The van der Waals surface area contributed by atoms with E-state index < -0.39 is 29.1 Å². The third kappa shape index (κ3) is 3.13. The highest BCUT2D eigenvalue weighted by Crippen LogP contribution is 2.35. The Morgan fingerprint density at radius 1 is 1.43 bits per heavy atom. The fourth-order valence-corrected chi connectivity index (χ4v) is 2.60. The van der Waals surface area contributed by atoms with Crippen LogP contribution in [0.4, 0.5) is 0 Å². The van der Waals surface area contributed by atoms with Gasteiger partial charge in [0.25, 0.3) is 5.91 Å². The third-order valence-corrected chi connectivity index (χ3v) is 4.48. The lowest BCUT2D eigenvalue weighted by molar-refractivity contribution is -0.150. The summed E-state index contributed by atoms with van der Waals surface area (Å²) in [6.07, 6.45) is 3.08. The molecule has 2 heterocycles. The summed E-state index contributed by atoms with van der Waals surface area (Å²) in [6.45, 7) is 5.84. The number of ether oxygens (including phenoxy) is 1. The Morgan fingerprint density at radius 3 is 2.74 bits per heavy atom. The number of rotatable bonds is 5. The Bertz CT molecular complexity index is 620. The van der Waals surface area contributed by atoms with E-state index in [1.165, 1.54) is 12.0 Å². The smallest absolute Gasteiger partial charge is 0.360 e. The van der Waals surface area contributed by atoms with Crippen LogP contribution in [0.1, 0.15) is 62.3 Å². The molecule has 1 aliphatic rings. The summed E-state index contributed by atoms with van der Waals surface area (Å²) in [6, 6.07) is -0.462. The number of methoxy groups -OCH3 is 1. The average Bonchev–Trinajstić information content (AvgIpc) is 3.20. The van der Waals surface area contributed by atoms with Gasteiger partial charge in [-0.3, -0.25) is 9.59 Å². The van der Waals surface area contributed by atoms with Crippen molar-refractivity contribution >= 4 is 17.7 Å². The van der Waals surface area contributed by atoms with Crippen LogP contribution in [0.15, 0.2) is 10.8 Å². The summed E-state index contributed by atoms with van der Waals surface area (Å²) < 4.78 is 10.0. The summed E-state index contributed by atoms with van der Waals surface area (Å²) in [5.74, 6) is -1.30. The Morgan fingerprint density at radius 2 is 2.13 bits per heavy atom. The predicted molar refractivity (Wildman–Crippen MR) is 80.6 cm³/mol. The molecule has 2 rings (SSSR count). The van der Waals surface area contributed by atoms with Crippen molar-refractivity contribution < 1.29 is 23.5 Å². The second kappa shape index (κ2) is 6.52. The molecule has 7 nitrogen and oxygen atoms in total. The number of amides is 1. The fourth-order valence-electron chi connectivity index (χ4n) is 2.60. The maximum atomic E-state index is 12.6. The zero-order chi connectivity index (χ0) is 17.2. The van der Waals surface area contributed by atoms with Gasteiger partial charge in [-0.25, -0.2) is 9.78 Å². The molecule has 1 amide bonds. The molecule has 1 atom stereocenters. The highest BCUT2D eigenvalue weighted by molar-refractivity contribution is 6.38. The first-order chi connectivity index (χ1) is 10.8. The van der Waals surface area contributed by atoms with Gasteiger partial charge in [0.05, 0.1) is 13.2 Å². The van der Waals surface area contributed by atoms with Gasteiger partial charge in [0.1, 0.15) is 0 Å². The summed E-state index contributed by atoms with van der Waals surface area (Å²) in [7, 11) is 1.26. The van der Waals surface area contributed by atoms with Gasteiger partial charge in [-0.1, -0.05) is 20.8 Å². The number of Topliss-reactive ketones (excluding diaryl/α,β-unsaturated/α-hetero) is 1. The van der Waals surface area contributed by atoms with E-state index in [1.54, 1.807) is 13.8 Å². The molecular formula is C16H22N2O5. The molecule has 0 saturated carbocycles. The number of esters is 1. The molecule has 1 aromatic heterocycles. The first kappa shape index (κ1) is 17.2. The topological polar surface area (TPSA) is 89.7 Å². The van der Waals surface area contributed by atoms with Crippen molar-refractivity contribution in [1.82, 2.24) is 9.88 Å². The van der Waals surface area contributed by atoms with Crippen LogP contribution in [0.2, 0.25) is 0 Å². The van der Waals surface area contributed by atoms with Crippen molar-refractivity contribution in [2.75, 3.05) is 13.7 Å².